The second kappa shape index (κ2) is 9.32. The fourth-order valence-electron chi connectivity index (χ4n) is 5.57. The number of piperidine rings is 1. The van der Waals surface area contributed by atoms with Crippen molar-refractivity contribution in [3.05, 3.63) is 114 Å². The molecule has 0 aromatic heterocycles. The van der Waals surface area contributed by atoms with E-state index in [0.29, 0.717) is 13.1 Å². The highest BCUT2D eigenvalue weighted by Crippen LogP contribution is 2.39. The Balaban J connectivity index is 1.33. The Kier molecular flexibility index (Phi) is 6.08. The van der Waals surface area contributed by atoms with Crippen LogP contribution >= 0.6 is 0 Å². The molecule has 0 saturated carbocycles. The number of hydrogen-bond donors (Lipinski definition) is 1. The molecule has 2 saturated heterocycles. The third-order valence-corrected chi connectivity index (χ3v) is 7.57. The van der Waals surface area contributed by atoms with Crippen molar-refractivity contribution in [3.8, 4) is 0 Å². The zero-order valence-electron chi connectivity index (χ0n) is 19.4. The lowest BCUT2D eigenvalue weighted by Crippen LogP contribution is -2.56. The van der Waals surface area contributed by atoms with Gasteiger partial charge in [0.1, 0.15) is 5.54 Å². The summed E-state index contributed by atoms with van der Waals surface area (Å²) < 4.78 is 0. The fourth-order valence-corrected chi connectivity index (χ4v) is 5.57. The van der Waals surface area contributed by atoms with E-state index in [1.165, 1.54) is 0 Å². The second-order valence-corrected chi connectivity index (χ2v) is 9.25. The summed E-state index contributed by atoms with van der Waals surface area (Å²) in [5.41, 5.74) is 1.98. The standard InChI is InChI=1S/C29H30N4O/c1-30-29(24-11-5-2-6-12-24,25-13-7-3-8-14-25)19-22-32-20-17-28(18-21-32)27(34)31-23-33(28)26-15-9-4-10-16-26/h2-16H,17-23H2,(H,31,34). The average Bonchev–Trinajstić information content (AvgIpc) is 3.22. The Morgan fingerprint density at radius 1 is 0.853 bits per heavy atom. The van der Waals surface area contributed by atoms with Gasteiger partial charge in [-0.05, 0) is 25.0 Å². The van der Waals surface area contributed by atoms with Gasteiger partial charge in [0.2, 0.25) is 5.91 Å². The number of nitrogens with one attached hydrogen (secondary N) is 1. The van der Waals surface area contributed by atoms with Gasteiger partial charge in [0.25, 0.3) is 5.54 Å². The van der Waals surface area contributed by atoms with Crippen molar-refractivity contribution >= 4 is 11.6 Å². The summed E-state index contributed by atoms with van der Waals surface area (Å²) in [5, 5.41) is 3.08. The molecule has 2 fully saturated rings. The number of rotatable bonds is 6. The molecule has 0 atom stereocenters. The highest BCUT2D eigenvalue weighted by atomic mass is 16.2. The molecule has 3 aromatic rings. The summed E-state index contributed by atoms with van der Waals surface area (Å²) in [6, 6.07) is 30.5. The normalized spacial score (nSPS) is 18.0. The van der Waals surface area contributed by atoms with Crippen LogP contribution in [0.5, 0.6) is 0 Å². The molecule has 5 nitrogen and oxygen atoms in total. The Hall–Kier alpha value is -3.62. The first kappa shape index (κ1) is 22.2. The lowest BCUT2D eigenvalue weighted by molar-refractivity contribution is -0.125. The molecule has 2 aliphatic rings. The number of hydrogen-bond acceptors (Lipinski definition) is 3. The van der Waals surface area contributed by atoms with Crippen LogP contribution in [-0.4, -0.2) is 42.6 Å². The molecule has 2 heterocycles. The summed E-state index contributed by atoms with van der Waals surface area (Å²) >= 11 is 0. The minimum absolute atomic E-state index is 0.139. The van der Waals surface area contributed by atoms with Crippen molar-refractivity contribution in [1.82, 2.24) is 10.2 Å². The van der Waals surface area contributed by atoms with Gasteiger partial charge < -0.3 is 15.1 Å². The van der Waals surface area contributed by atoms with Crippen molar-refractivity contribution in [2.24, 2.45) is 0 Å². The number of benzene rings is 3. The molecule has 5 rings (SSSR count). The topological polar surface area (TPSA) is 39.9 Å². The van der Waals surface area contributed by atoms with E-state index in [1.807, 2.05) is 54.6 Å². The first-order chi connectivity index (χ1) is 16.7. The van der Waals surface area contributed by atoms with Crippen molar-refractivity contribution in [2.75, 3.05) is 31.2 Å². The average molecular weight is 451 g/mol. The lowest BCUT2D eigenvalue weighted by atomic mass is 9.80. The van der Waals surface area contributed by atoms with E-state index in [2.05, 4.69) is 56.4 Å². The smallest absolute Gasteiger partial charge is 0.283 e. The lowest BCUT2D eigenvalue weighted by Gasteiger charge is -2.43. The minimum atomic E-state index is -0.710. The summed E-state index contributed by atoms with van der Waals surface area (Å²) in [6.45, 7) is 11.3. The predicted molar refractivity (Wildman–Crippen MR) is 135 cm³/mol. The first-order valence-electron chi connectivity index (χ1n) is 12.0. The van der Waals surface area contributed by atoms with Gasteiger partial charge in [-0.15, -0.1) is 0 Å². The van der Waals surface area contributed by atoms with Gasteiger partial charge in [0.05, 0.1) is 6.67 Å². The van der Waals surface area contributed by atoms with Gasteiger partial charge in [0.15, 0.2) is 0 Å². The number of anilines is 1. The zero-order valence-corrected chi connectivity index (χ0v) is 19.4. The maximum atomic E-state index is 13.0. The third kappa shape index (κ3) is 3.85. The van der Waals surface area contributed by atoms with Crippen LogP contribution in [0.3, 0.4) is 0 Å². The number of para-hydroxylation sites is 1. The first-order valence-corrected chi connectivity index (χ1v) is 12.0. The molecule has 34 heavy (non-hydrogen) atoms. The number of likely N-dealkylation sites (tertiary alicyclic amines) is 1. The second-order valence-electron chi connectivity index (χ2n) is 9.25. The molecule has 0 aliphatic carbocycles. The summed E-state index contributed by atoms with van der Waals surface area (Å²) in [5.74, 6) is 0.139. The van der Waals surface area contributed by atoms with Gasteiger partial charge in [-0.3, -0.25) is 9.64 Å². The van der Waals surface area contributed by atoms with E-state index < -0.39 is 11.1 Å². The van der Waals surface area contributed by atoms with E-state index in [-0.39, 0.29) is 5.91 Å². The van der Waals surface area contributed by atoms with Gasteiger partial charge in [-0.2, -0.15) is 0 Å². The SMILES string of the molecule is [C-]#[N+]C(CCN1CCC2(CC1)C(=O)NCN2c1ccccc1)(c1ccccc1)c1ccccc1. The van der Waals surface area contributed by atoms with Crippen molar-refractivity contribution in [1.29, 1.82) is 0 Å². The molecule has 0 radical (unpaired) electrons. The van der Waals surface area contributed by atoms with Crippen LogP contribution in [0.1, 0.15) is 30.4 Å². The minimum Gasteiger partial charge on any atom is -0.339 e. The van der Waals surface area contributed by atoms with Crippen molar-refractivity contribution in [2.45, 2.75) is 30.3 Å². The summed E-state index contributed by atoms with van der Waals surface area (Å²) in [7, 11) is 0. The zero-order chi connectivity index (χ0) is 23.4. The van der Waals surface area contributed by atoms with E-state index >= 15 is 0 Å². The van der Waals surface area contributed by atoms with Crippen LogP contribution in [0, 0.1) is 6.57 Å². The molecule has 2 aliphatic heterocycles. The van der Waals surface area contributed by atoms with Crippen LogP contribution in [0.4, 0.5) is 5.69 Å². The number of carbonyl (C=O) groups excluding carboxylic acids is 1. The van der Waals surface area contributed by atoms with E-state index in [0.717, 1.165) is 49.3 Å². The Morgan fingerprint density at radius 3 is 1.91 bits per heavy atom. The molecular weight excluding hydrogens is 420 g/mol. The number of amides is 1. The molecule has 0 bridgehead atoms. The molecule has 1 amide bonds. The molecule has 172 valence electrons. The van der Waals surface area contributed by atoms with Crippen molar-refractivity contribution in [3.63, 3.8) is 0 Å². The number of nitrogens with zero attached hydrogens (tertiary/aromatic N) is 3. The highest BCUT2D eigenvalue weighted by Gasteiger charge is 2.50. The Morgan fingerprint density at radius 2 is 1.38 bits per heavy atom. The van der Waals surface area contributed by atoms with Crippen LogP contribution in [-0.2, 0) is 10.3 Å². The van der Waals surface area contributed by atoms with Crippen LogP contribution in [0.15, 0.2) is 91.0 Å². The summed E-state index contributed by atoms with van der Waals surface area (Å²) in [4.78, 5) is 21.9. The monoisotopic (exact) mass is 450 g/mol. The van der Waals surface area contributed by atoms with Crippen molar-refractivity contribution < 1.29 is 4.79 Å². The Bertz CT molecular complexity index is 1110. The Labute approximate surface area is 201 Å². The van der Waals surface area contributed by atoms with Crippen LogP contribution < -0.4 is 10.2 Å². The maximum absolute atomic E-state index is 13.0. The van der Waals surface area contributed by atoms with Gasteiger partial charge in [-0.1, -0.05) is 78.9 Å². The van der Waals surface area contributed by atoms with E-state index in [1.54, 1.807) is 0 Å². The van der Waals surface area contributed by atoms with E-state index in [9.17, 15) is 4.79 Å². The maximum Gasteiger partial charge on any atom is 0.283 e. The third-order valence-electron chi connectivity index (χ3n) is 7.57. The van der Waals surface area contributed by atoms with Gasteiger partial charge in [0, 0.05) is 42.9 Å². The molecule has 5 heteroatoms. The molecule has 1 N–H and O–H groups in total. The fraction of sp³-hybridized carbons (Fsp3) is 0.310. The van der Waals surface area contributed by atoms with Crippen LogP contribution in [0.25, 0.3) is 4.85 Å². The molecule has 0 unspecified atom stereocenters. The van der Waals surface area contributed by atoms with E-state index in [4.69, 9.17) is 6.57 Å². The van der Waals surface area contributed by atoms with Crippen LogP contribution in [0.2, 0.25) is 0 Å². The highest BCUT2D eigenvalue weighted by molar-refractivity contribution is 5.93. The molecular formula is C29H30N4O. The quantitative estimate of drug-likeness (QED) is 0.555. The molecule has 3 aromatic carbocycles. The molecule has 1 spiro atoms. The van der Waals surface area contributed by atoms with Gasteiger partial charge in [-0.25, -0.2) is 6.57 Å². The number of carbonyl (C=O) groups is 1. The predicted octanol–water partition coefficient (Wildman–Crippen LogP) is 4.67. The largest absolute Gasteiger partial charge is 0.339 e. The van der Waals surface area contributed by atoms with Gasteiger partial charge >= 0.3 is 0 Å². The summed E-state index contributed by atoms with van der Waals surface area (Å²) in [6.07, 6.45) is 2.29.